The fourth-order valence-electron chi connectivity index (χ4n) is 1.51. The zero-order valence-corrected chi connectivity index (χ0v) is 11.3. The molecule has 0 saturated heterocycles. The molecule has 102 valence electrons. The number of nitrogens with one attached hydrogen (secondary N) is 1. The number of benzene rings is 1. The molecule has 1 aromatic carbocycles. The summed E-state index contributed by atoms with van der Waals surface area (Å²) in [4.78, 5) is 24.7. The molecule has 7 heteroatoms. The third kappa shape index (κ3) is 2.90. The summed E-state index contributed by atoms with van der Waals surface area (Å²) in [7, 11) is 3.23. The smallest absolute Gasteiger partial charge is 0.251 e. The van der Waals surface area contributed by atoms with Gasteiger partial charge in [-0.25, -0.2) is 0 Å². The average Bonchev–Trinajstić information content (AvgIpc) is 2.83. The van der Waals surface area contributed by atoms with Crippen LogP contribution in [0.15, 0.2) is 12.1 Å². The van der Waals surface area contributed by atoms with Gasteiger partial charge in [-0.3, -0.25) is 9.59 Å². The van der Waals surface area contributed by atoms with E-state index >= 15 is 0 Å². The van der Waals surface area contributed by atoms with Gasteiger partial charge in [0.05, 0.1) is 11.6 Å². The number of amides is 2. The first kappa shape index (κ1) is 13.5. The Kier molecular flexibility index (Phi) is 3.80. The number of nitrogens with zero attached hydrogens (tertiary/aromatic N) is 1. The third-order valence-electron chi connectivity index (χ3n) is 2.59. The van der Waals surface area contributed by atoms with E-state index in [2.05, 4.69) is 5.32 Å². The van der Waals surface area contributed by atoms with Gasteiger partial charge in [0, 0.05) is 19.7 Å². The molecule has 0 bridgehead atoms. The molecule has 0 aromatic heterocycles. The van der Waals surface area contributed by atoms with Crippen LogP contribution in [0.1, 0.15) is 10.4 Å². The highest BCUT2D eigenvalue weighted by atomic mass is 35.5. The number of halogens is 1. The maximum atomic E-state index is 11.9. The van der Waals surface area contributed by atoms with Crippen molar-refractivity contribution in [1.82, 2.24) is 10.2 Å². The number of hydrogen-bond acceptors (Lipinski definition) is 4. The first-order valence-electron chi connectivity index (χ1n) is 5.56. The van der Waals surface area contributed by atoms with Gasteiger partial charge in [-0.2, -0.15) is 0 Å². The van der Waals surface area contributed by atoms with Gasteiger partial charge in [0.15, 0.2) is 11.5 Å². The van der Waals surface area contributed by atoms with E-state index in [1.165, 1.54) is 17.0 Å². The van der Waals surface area contributed by atoms with Crippen molar-refractivity contribution in [3.63, 3.8) is 0 Å². The zero-order valence-electron chi connectivity index (χ0n) is 10.5. The lowest BCUT2D eigenvalue weighted by Crippen LogP contribution is -2.36. The predicted molar refractivity (Wildman–Crippen MR) is 68.6 cm³/mol. The Bertz CT molecular complexity index is 531. The molecule has 1 N–H and O–H groups in total. The van der Waals surface area contributed by atoms with Crippen LogP contribution in [0, 0.1) is 0 Å². The molecule has 0 fully saturated rings. The molecule has 0 unspecified atom stereocenters. The molecule has 0 atom stereocenters. The molecule has 6 nitrogen and oxygen atoms in total. The summed E-state index contributed by atoms with van der Waals surface area (Å²) in [6.07, 6.45) is 0. The highest BCUT2D eigenvalue weighted by Crippen LogP contribution is 2.39. The lowest BCUT2D eigenvalue weighted by Gasteiger charge is -2.11. The Labute approximate surface area is 115 Å². The Morgan fingerprint density at radius 3 is 2.79 bits per heavy atom. The lowest BCUT2D eigenvalue weighted by atomic mass is 10.2. The van der Waals surface area contributed by atoms with Gasteiger partial charge in [-0.1, -0.05) is 11.6 Å². The van der Waals surface area contributed by atoms with Crippen LogP contribution >= 0.6 is 11.6 Å². The topological polar surface area (TPSA) is 67.9 Å². The van der Waals surface area contributed by atoms with Gasteiger partial charge >= 0.3 is 0 Å². The summed E-state index contributed by atoms with van der Waals surface area (Å²) in [6, 6.07) is 3.01. The average molecular weight is 285 g/mol. The van der Waals surface area contributed by atoms with Crippen LogP contribution in [-0.4, -0.2) is 44.1 Å². The monoisotopic (exact) mass is 284 g/mol. The van der Waals surface area contributed by atoms with Gasteiger partial charge < -0.3 is 19.7 Å². The fraction of sp³-hybridized carbons (Fsp3) is 0.333. The summed E-state index contributed by atoms with van der Waals surface area (Å²) in [6.45, 7) is 0.0110. The molecule has 2 rings (SSSR count). The van der Waals surface area contributed by atoms with Gasteiger partial charge in [0.2, 0.25) is 12.7 Å². The molecule has 0 radical (unpaired) electrons. The van der Waals surface area contributed by atoms with E-state index in [4.69, 9.17) is 21.1 Å². The molecule has 0 aliphatic carbocycles. The number of rotatable bonds is 3. The van der Waals surface area contributed by atoms with Gasteiger partial charge in [0.25, 0.3) is 5.91 Å². The minimum absolute atomic E-state index is 0.0715. The van der Waals surface area contributed by atoms with Crippen molar-refractivity contribution >= 4 is 23.4 Å². The number of likely N-dealkylation sites (N-methyl/N-ethyl adjacent to an activating group) is 1. The Balaban J connectivity index is 2.08. The first-order valence-corrected chi connectivity index (χ1v) is 5.94. The molecular formula is C12H13ClN2O4. The van der Waals surface area contributed by atoms with Crippen LogP contribution in [0.2, 0.25) is 5.02 Å². The second-order valence-corrected chi connectivity index (χ2v) is 4.57. The largest absolute Gasteiger partial charge is 0.454 e. The van der Waals surface area contributed by atoms with E-state index < -0.39 is 5.91 Å². The molecule has 19 heavy (non-hydrogen) atoms. The van der Waals surface area contributed by atoms with Gasteiger partial charge in [-0.05, 0) is 12.1 Å². The van der Waals surface area contributed by atoms with Crippen molar-refractivity contribution in [3.05, 3.63) is 22.7 Å². The SMILES string of the molecule is CN(C)C(=O)CNC(=O)c1cc(Cl)c2c(c1)OCO2. The van der Waals surface area contributed by atoms with E-state index in [9.17, 15) is 9.59 Å². The van der Waals surface area contributed by atoms with Crippen LogP contribution in [0.25, 0.3) is 0 Å². The van der Waals surface area contributed by atoms with Crippen LogP contribution in [0.5, 0.6) is 11.5 Å². The van der Waals surface area contributed by atoms with Crippen molar-refractivity contribution in [2.24, 2.45) is 0 Å². The van der Waals surface area contributed by atoms with Crippen molar-refractivity contribution in [1.29, 1.82) is 0 Å². The minimum atomic E-state index is -0.393. The number of ether oxygens (including phenoxy) is 2. The van der Waals surface area contributed by atoms with E-state index in [1.807, 2.05) is 0 Å². The van der Waals surface area contributed by atoms with E-state index in [-0.39, 0.29) is 19.2 Å². The van der Waals surface area contributed by atoms with E-state index in [1.54, 1.807) is 14.1 Å². The predicted octanol–water partition coefficient (Wildman–Crippen LogP) is 0.887. The summed E-state index contributed by atoms with van der Waals surface area (Å²) < 4.78 is 10.3. The minimum Gasteiger partial charge on any atom is -0.454 e. The Hall–Kier alpha value is -1.95. The third-order valence-corrected chi connectivity index (χ3v) is 2.87. The maximum absolute atomic E-state index is 11.9. The van der Waals surface area contributed by atoms with E-state index in [0.29, 0.717) is 22.1 Å². The standard InChI is InChI=1S/C12H13ClN2O4/c1-15(2)10(16)5-14-12(17)7-3-8(13)11-9(4-7)18-6-19-11/h3-4H,5-6H2,1-2H3,(H,14,17). The van der Waals surface area contributed by atoms with Crippen LogP contribution in [0.4, 0.5) is 0 Å². The summed E-state index contributed by atoms with van der Waals surface area (Å²) in [5.41, 5.74) is 0.320. The fourth-order valence-corrected chi connectivity index (χ4v) is 1.78. The number of carbonyl (C=O) groups excluding carboxylic acids is 2. The molecule has 1 aliphatic rings. The Morgan fingerprint density at radius 1 is 1.37 bits per heavy atom. The molecule has 2 amide bonds. The van der Waals surface area contributed by atoms with Crippen molar-refractivity contribution in [2.45, 2.75) is 0 Å². The second-order valence-electron chi connectivity index (χ2n) is 4.16. The summed E-state index contributed by atoms with van der Waals surface area (Å²) >= 11 is 5.97. The lowest BCUT2D eigenvalue weighted by molar-refractivity contribution is -0.127. The molecule has 1 aromatic rings. The second kappa shape index (κ2) is 5.36. The van der Waals surface area contributed by atoms with Crippen molar-refractivity contribution < 1.29 is 19.1 Å². The molecule has 0 spiro atoms. The van der Waals surface area contributed by atoms with Gasteiger partial charge in [-0.15, -0.1) is 0 Å². The normalized spacial score (nSPS) is 12.2. The van der Waals surface area contributed by atoms with Crippen LogP contribution in [0.3, 0.4) is 0 Å². The number of fused-ring (bicyclic) bond motifs is 1. The van der Waals surface area contributed by atoms with E-state index in [0.717, 1.165) is 0 Å². The van der Waals surface area contributed by atoms with Crippen molar-refractivity contribution in [2.75, 3.05) is 27.4 Å². The van der Waals surface area contributed by atoms with Gasteiger partial charge in [0.1, 0.15) is 0 Å². The zero-order chi connectivity index (χ0) is 14.0. The number of carbonyl (C=O) groups is 2. The van der Waals surface area contributed by atoms with Crippen molar-refractivity contribution in [3.8, 4) is 11.5 Å². The Morgan fingerprint density at radius 2 is 2.11 bits per heavy atom. The molecule has 1 heterocycles. The maximum Gasteiger partial charge on any atom is 0.251 e. The van der Waals surface area contributed by atoms with Crippen LogP contribution < -0.4 is 14.8 Å². The first-order chi connectivity index (χ1) is 8.99. The highest BCUT2D eigenvalue weighted by Gasteiger charge is 2.20. The quantitative estimate of drug-likeness (QED) is 0.895. The summed E-state index contributed by atoms with van der Waals surface area (Å²) in [5.74, 6) is 0.273. The number of hydrogen-bond donors (Lipinski definition) is 1. The highest BCUT2D eigenvalue weighted by molar-refractivity contribution is 6.32. The molecular weight excluding hydrogens is 272 g/mol. The molecule has 0 saturated carbocycles. The summed E-state index contributed by atoms with van der Waals surface area (Å²) in [5, 5.41) is 2.82. The van der Waals surface area contributed by atoms with Crippen LogP contribution in [-0.2, 0) is 4.79 Å². The molecule has 1 aliphatic heterocycles.